The molecule has 2 aromatic heterocycles. The lowest BCUT2D eigenvalue weighted by Gasteiger charge is -2.12. The van der Waals surface area contributed by atoms with E-state index in [1.165, 1.54) is 10.7 Å². The number of nitrogens with one attached hydrogen (secondary N) is 1. The summed E-state index contributed by atoms with van der Waals surface area (Å²) in [6.45, 7) is 2.28. The monoisotopic (exact) mass is 343 g/mol. The summed E-state index contributed by atoms with van der Waals surface area (Å²) in [6.07, 6.45) is 0.636. The second-order valence-electron chi connectivity index (χ2n) is 5.92. The van der Waals surface area contributed by atoms with Crippen molar-refractivity contribution in [3.63, 3.8) is 0 Å². The molecule has 132 valence electrons. The highest BCUT2D eigenvalue weighted by molar-refractivity contribution is 5.79. The number of pyridine rings is 1. The SMILES string of the molecule is COc1ccc(CCn2c(C)c3c(=O)n(C)[nH]c3cc2=O)cc1OC. The van der Waals surface area contributed by atoms with E-state index in [-0.39, 0.29) is 11.1 Å². The molecule has 7 heteroatoms. The van der Waals surface area contributed by atoms with Gasteiger partial charge in [0.15, 0.2) is 11.5 Å². The maximum absolute atomic E-state index is 12.4. The van der Waals surface area contributed by atoms with E-state index in [1.807, 2.05) is 18.2 Å². The predicted molar refractivity (Wildman–Crippen MR) is 95.8 cm³/mol. The minimum Gasteiger partial charge on any atom is -0.493 e. The number of hydrogen-bond donors (Lipinski definition) is 1. The molecule has 0 spiro atoms. The highest BCUT2D eigenvalue weighted by Gasteiger charge is 2.13. The number of methoxy groups -OCH3 is 2. The zero-order chi connectivity index (χ0) is 18.1. The molecule has 0 aliphatic carbocycles. The van der Waals surface area contributed by atoms with E-state index in [0.717, 1.165) is 5.56 Å². The second kappa shape index (κ2) is 6.51. The van der Waals surface area contributed by atoms with E-state index >= 15 is 0 Å². The molecular weight excluding hydrogens is 322 g/mol. The van der Waals surface area contributed by atoms with Crippen molar-refractivity contribution in [3.05, 3.63) is 56.2 Å². The van der Waals surface area contributed by atoms with E-state index in [9.17, 15) is 9.59 Å². The number of ether oxygens (including phenoxy) is 2. The van der Waals surface area contributed by atoms with Gasteiger partial charge in [-0.1, -0.05) is 6.07 Å². The Labute approximate surface area is 144 Å². The predicted octanol–water partition coefficient (Wildman–Crippen LogP) is 1.60. The number of H-pyrrole nitrogens is 1. The third-order valence-corrected chi connectivity index (χ3v) is 4.45. The zero-order valence-electron chi connectivity index (χ0n) is 14.8. The molecule has 1 N–H and O–H groups in total. The van der Waals surface area contributed by atoms with Crippen LogP contribution >= 0.6 is 0 Å². The van der Waals surface area contributed by atoms with Gasteiger partial charge in [-0.2, -0.15) is 0 Å². The minimum atomic E-state index is -0.132. The van der Waals surface area contributed by atoms with Crippen molar-refractivity contribution in [2.75, 3.05) is 14.2 Å². The van der Waals surface area contributed by atoms with Crippen LogP contribution in [-0.4, -0.2) is 28.6 Å². The van der Waals surface area contributed by atoms with Gasteiger partial charge in [0.25, 0.3) is 11.1 Å². The summed E-state index contributed by atoms with van der Waals surface area (Å²) in [6, 6.07) is 7.15. The third kappa shape index (κ3) is 2.93. The number of benzene rings is 1. The highest BCUT2D eigenvalue weighted by atomic mass is 16.5. The lowest BCUT2D eigenvalue weighted by molar-refractivity contribution is 0.354. The topological polar surface area (TPSA) is 78.2 Å². The van der Waals surface area contributed by atoms with E-state index in [1.54, 1.807) is 32.8 Å². The van der Waals surface area contributed by atoms with Gasteiger partial charge in [0.05, 0.1) is 25.1 Å². The highest BCUT2D eigenvalue weighted by Crippen LogP contribution is 2.27. The van der Waals surface area contributed by atoms with Crippen LogP contribution in [0.25, 0.3) is 10.9 Å². The summed E-state index contributed by atoms with van der Waals surface area (Å²) in [4.78, 5) is 24.6. The number of fused-ring (bicyclic) bond motifs is 1. The van der Waals surface area contributed by atoms with Crippen molar-refractivity contribution in [3.8, 4) is 11.5 Å². The van der Waals surface area contributed by atoms with E-state index < -0.39 is 0 Å². The Morgan fingerprint density at radius 3 is 2.48 bits per heavy atom. The molecule has 1 aromatic carbocycles. The van der Waals surface area contributed by atoms with E-state index in [4.69, 9.17) is 9.47 Å². The average molecular weight is 343 g/mol. The molecule has 25 heavy (non-hydrogen) atoms. The molecule has 0 bridgehead atoms. The Morgan fingerprint density at radius 2 is 1.80 bits per heavy atom. The van der Waals surface area contributed by atoms with Gasteiger partial charge in [-0.3, -0.25) is 19.4 Å². The Morgan fingerprint density at radius 1 is 1.08 bits per heavy atom. The van der Waals surface area contributed by atoms with Crippen LogP contribution in [0.1, 0.15) is 11.3 Å². The quantitative estimate of drug-likeness (QED) is 0.763. The van der Waals surface area contributed by atoms with Gasteiger partial charge in [-0.25, -0.2) is 0 Å². The van der Waals surface area contributed by atoms with Crippen molar-refractivity contribution in [1.29, 1.82) is 0 Å². The van der Waals surface area contributed by atoms with Gasteiger partial charge in [0.1, 0.15) is 0 Å². The number of hydrogen-bond acceptors (Lipinski definition) is 4. The van der Waals surface area contributed by atoms with Gasteiger partial charge in [0, 0.05) is 25.4 Å². The summed E-state index contributed by atoms with van der Waals surface area (Å²) in [5, 5.41) is 3.45. The summed E-state index contributed by atoms with van der Waals surface area (Å²) < 4.78 is 13.6. The van der Waals surface area contributed by atoms with Crippen LogP contribution in [0, 0.1) is 6.92 Å². The van der Waals surface area contributed by atoms with Crippen molar-refractivity contribution in [2.24, 2.45) is 7.05 Å². The van der Waals surface area contributed by atoms with Gasteiger partial charge in [0.2, 0.25) is 0 Å². The first-order chi connectivity index (χ1) is 12.0. The molecule has 0 fully saturated rings. The number of aryl methyl sites for hydroxylation is 3. The van der Waals surface area contributed by atoms with Crippen molar-refractivity contribution >= 4 is 10.9 Å². The van der Waals surface area contributed by atoms with Crippen molar-refractivity contribution in [2.45, 2.75) is 19.9 Å². The molecule has 2 heterocycles. The first kappa shape index (κ1) is 16.9. The first-order valence-corrected chi connectivity index (χ1v) is 7.96. The molecule has 0 atom stereocenters. The Kier molecular flexibility index (Phi) is 4.39. The minimum absolute atomic E-state index is 0.132. The zero-order valence-corrected chi connectivity index (χ0v) is 14.8. The van der Waals surface area contributed by atoms with Crippen LogP contribution in [-0.2, 0) is 20.0 Å². The molecule has 7 nitrogen and oxygen atoms in total. The summed E-state index contributed by atoms with van der Waals surface area (Å²) >= 11 is 0. The standard InChI is InChI=1S/C18H21N3O4/c1-11-17-13(19-20(2)18(17)23)10-16(22)21(11)8-7-12-5-6-14(24-3)15(9-12)25-4/h5-6,9-10,19H,7-8H2,1-4H3. The Balaban J connectivity index is 1.95. The average Bonchev–Trinajstić information content (AvgIpc) is 2.88. The van der Waals surface area contributed by atoms with Crippen molar-refractivity contribution < 1.29 is 9.47 Å². The maximum Gasteiger partial charge on any atom is 0.275 e. The molecular formula is C18H21N3O4. The smallest absolute Gasteiger partial charge is 0.275 e. The number of aromatic amines is 1. The molecule has 3 rings (SSSR count). The number of nitrogens with zero attached hydrogens (tertiary/aromatic N) is 2. The lowest BCUT2D eigenvalue weighted by atomic mass is 10.1. The van der Waals surface area contributed by atoms with Crippen LogP contribution < -0.4 is 20.6 Å². The number of rotatable bonds is 5. The van der Waals surface area contributed by atoms with Crippen LogP contribution in [0.3, 0.4) is 0 Å². The third-order valence-electron chi connectivity index (χ3n) is 4.45. The van der Waals surface area contributed by atoms with Crippen LogP contribution in [0.4, 0.5) is 0 Å². The van der Waals surface area contributed by atoms with Crippen LogP contribution in [0.15, 0.2) is 33.9 Å². The van der Waals surface area contributed by atoms with Crippen molar-refractivity contribution in [1.82, 2.24) is 14.3 Å². The lowest BCUT2D eigenvalue weighted by Crippen LogP contribution is -2.24. The molecule has 3 aromatic rings. The van der Waals surface area contributed by atoms with Crippen LogP contribution in [0.5, 0.6) is 11.5 Å². The molecule has 0 aliphatic rings. The summed E-state index contributed by atoms with van der Waals surface area (Å²) in [7, 11) is 4.82. The molecule has 0 saturated carbocycles. The van der Waals surface area contributed by atoms with Gasteiger partial charge >= 0.3 is 0 Å². The molecule has 0 aliphatic heterocycles. The Hall–Kier alpha value is -2.96. The fourth-order valence-corrected chi connectivity index (χ4v) is 3.08. The first-order valence-electron chi connectivity index (χ1n) is 7.96. The van der Waals surface area contributed by atoms with Gasteiger partial charge < -0.3 is 14.0 Å². The molecule has 0 unspecified atom stereocenters. The summed E-state index contributed by atoms with van der Waals surface area (Å²) in [5.74, 6) is 1.32. The van der Waals surface area contributed by atoms with Gasteiger partial charge in [-0.15, -0.1) is 0 Å². The fourth-order valence-electron chi connectivity index (χ4n) is 3.08. The Bertz CT molecular complexity index is 1040. The summed E-state index contributed by atoms with van der Waals surface area (Å²) in [5.41, 5.74) is 1.99. The maximum atomic E-state index is 12.4. The van der Waals surface area contributed by atoms with Gasteiger partial charge in [-0.05, 0) is 31.0 Å². The molecule has 0 radical (unpaired) electrons. The van der Waals surface area contributed by atoms with Crippen LogP contribution in [0.2, 0.25) is 0 Å². The molecule has 0 amide bonds. The fraction of sp³-hybridized carbons (Fsp3) is 0.333. The van der Waals surface area contributed by atoms with E-state index in [0.29, 0.717) is 41.1 Å². The largest absolute Gasteiger partial charge is 0.493 e. The molecule has 0 saturated heterocycles. The second-order valence-corrected chi connectivity index (χ2v) is 5.92. The normalized spacial score (nSPS) is 11.0. The van der Waals surface area contributed by atoms with E-state index in [2.05, 4.69) is 5.10 Å². The number of aromatic nitrogens is 3.